The first-order valence-corrected chi connectivity index (χ1v) is 18.2. The number of hydrogen-bond acceptors (Lipinski definition) is 2. The molecule has 0 saturated heterocycles. The minimum absolute atomic E-state index is 0. The van der Waals surface area contributed by atoms with E-state index in [4.69, 9.17) is 19.9 Å². The molecule has 0 spiro atoms. The van der Waals surface area contributed by atoms with Crippen LogP contribution in [0.4, 0.5) is 0 Å². The van der Waals surface area contributed by atoms with Crippen molar-refractivity contribution in [3.05, 3.63) is 34.4 Å². The minimum Gasteiger partial charge on any atom is -0.442 e. The van der Waals surface area contributed by atoms with E-state index in [2.05, 4.69) is 125 Å². The van der Waals surface area contributed by atoms with Crippen LogP contribution in [0.15, 0.2) is 0 Å². The summed E-state index contributed by atoms with van der Waals surface area (Å²) in [7, 11) is 0. The second kappa shape index (κ2) is 17.6. The monoisotopic (exact) mass is 748 g/mol. The Kier molecular flexibility index (Phi) is 17.6. The van der Waals surface area contributed by atoms with Crippen LogP contribution in [0.25, 0.3) is 0 Å². The van der Waals surface area contributed by atoms with E-state index in [0.29, 0.717) is 0 Å². The van der Waals surface area contributed by atoms with Crippen LogP contribution in [0.2, 0.25) is 0 Å². The summed E-state index contributed by atoms with van der Waals surface area (Å²) in [6.45, 7) is 41.1. The molecule has 256 valence electrons. The molecular weight excluding hydrogens is 674 g/mol. The summed E-state index contributed by atoms with van der Waals surface area (Å²) >= 11 is 0. The van der Waals surface area contributed by atoms with Crippen molar-refractivity contribution in [3.8, 4) is 0 Å². The Hall–Kier alpha value is -0.00857. The smallest absolute Gasteiger partial charge is 0.442 e. The molecule has 4 nitrogen and oxygen atoms in total. The second-order valence-corrected chi connectivity index (χ2v) is 17.5. The molecule has 0 unspecified atom stereocenters. The summed E-state index contributed by atoms with van der Waals surface area (Å²) in [5.41, 5.74) is 5.47. The van der Waals surface area contributed by atoms with Crippen molar-refractivity contribution >= 4 is 48.9 Å². The molecule has 2 aromatic heterocycles. The van der Waals surface area contributed by atoms with Gasteiger partial charge in [-0.15, -0.1) is 0 Å². The Balaban J connectivity index is 0.000000842. The molecule has 0 fully saturated rings. The third-order valence-corrected chi connectivity index (χ3v) is 10.4. The normalized spacial score (nSPS) is 13.4. The van der Waals surface area contributed by atoms with Gasteiger partial charge in [0.1, 0.15) is 0 Å². The van der Waals surface area contributed by atoms with Crippen molar-refractivity contribution in [1.82, 2.24) is 19.9 Å². The van der Waals surface area contributed by atoms with E-state index in [1.807, 2.05) is 0 Å². The molecule has 0 aliphatic carbocycles. The largest absolute Gasteiger partial charge is 2.00 e. The van der Waals surface area contributed by atoms with Crippen molar-refractivity contribution in [2.24, 2.45) is 0 Å². The van der Waals surface area contributed by atoms with Crippen LogP contribution in [0.3, 0.4) is 0 Å². The number of rotatable bonds is 16. The Labute approximate surface area is 321 Å². The fourth-order valence-corrected chi connectivity index (χ4v) is 6.47. The van der Waals surface area contributed by atoms with Gasteiger partial charge in [0.15, 0.2) is 0 Å². The van der Waals surface area contributed by atoms with E-state index in [1.54, 1.807) is 0 Å². The van der Waals surface area contributed by atoms with E-state index >= 15 is 0 Å². The van der Waals surface area contributed by atoms with Crippen molar-refractivity contribution in [3.63, 3.8) is 0 Å². The number of imidazole rings is 2. The predicted octanol–water partition coefficient (Wildman–Crippen LogP) is 11.4. The van der Waals surface area contributed by atoms with Gasteiger partial charge in [0.25, 0.3) is 0 Å². The van der Waals surface area contributed by atoms with Gasteiger partial charge in [0.05, 0.1) is 0 Å². The Morgan fingerprint density at radius 3 is 0.867 bits per heavy atom. The number of hydrogen-bond donors (Lipinski definition) is 0. The van der Waals surface area contributed by atoms with Gasteiger partial charge < -0.3 is 19.9 Å². The van der Waals surface area contributed by atoms with Gasteiger partial charge in [-0.25, -0.2) is 0 Å². The fourth-order valence-electron chi connectivity index (χ4n) is 6.47. The summed E-state index contributed by atoms with van der Waals surface area (Å²) in [6.07, 6.45) is 11.5. The Bertz CT molecular complexity index is 982. The zero-order valence-corrected chi connectivity index (χ0v) is 38.0. The summed E-state index contributed by atoms with van der Waals surface area (Å²) in [5.74, 6) is 2.07. The quantitative estimate of drug-likeness (QED) is 0.160. The Morgan fingerprint density at radius 1 is 0.400 bits per heavy atom. The maximum Gasteiger partial charge on any atom is 2.00 e. The fraction of sp³-hybridized carbons (Fsp3) is 0.850. The summed E-state index contributed by atoms with van der Waals surface area (Å²) in [4.78, 5) is 20.3. The predicted molar refractivity (Wildman–Crippen MR) is 199 cm³/mol. The van der Waals surface area contributed by atoms with Crippen LogP contribution in [0.5, 0.6) is 0 Å². The number of nitrogens with zero attached hydrogens (tertiary/aromatic N) is 4. The van der Waals surface area contributed by atoms with Crippen molar-refractivity contribution in [2.45, 2.75) is 221 Å². The molecule has 0 bridgehead atoms. The van der Waals surface area contributed by atoms with Crippen LogP contribution < -0.4 is 9.97 Å². The van der Waals surface area contributed by atoms with Crippen molar-refractivity contribution in [1.29, 1.82) is 0 Å². The SMILES string of the molecule is CCCC(C)(C)c1nc(C(C)(C)CC)[n-]c1C(C)(C)CCC.CCCC(C)(C)c1nc(C(C)(C)CC)[n-]c1C(C)(C)CCC.[Ba+2]. The van der Waals surface area contributed by atoms with Crippen LogP contribution in [0.1, 0.15) is 223 Å². The molecule has 0 N–H and O–H groups in total. The Morgan fingerprint density at radius 2 is 0.644 bits per heavy atom. The van der Waals surface area contributed by atoms with E-state index in [1.165, 1.54) is 48.5 Å². The van der Waals surface area contributed by atoms with Crippen molar-refractivity contribution in [2.75, 3.05) is 0 Å². The molecule has 0 aliphatic heterocycles. The zero-order valence-electron chi connectivity index (χ0n) is 33.6. The van der Waals surface area contributed by atoms with Gasteiger partial charge in [-0.1, -0.05) is 185 Å². The molecule has 2 rings (SSSR count). The van der Waals surface area contributed by atoms with Crippen LogP contribution in [-0.2, 0) is 32.5 Å². The molecule has 2 heterocycles. The molecule has 0 aliphatic rings. The third-order valence-electron chi connectivity index (χ3n) is 10.4. The second-order valence-electron chi connectivity index (χ2n) is 17.5. The molecule has 0 aromatic carbocycles. The van der Waals surface area contributed by atoms with Gasteiger partial charge in [-0.3, -0.25) is 0 Å². The van der Waals surface area contributed by atoms with Gasteiger partial charge in [0, 0.05) is 0 Å². The molecule has 2 aromatic rings. The average Bonchev–Trinajstić information content (AvgIpc) is 3.57. The van der Waals surface area contributed by atoms with Gasteiger partial charge in [-0.05, 0) is 71.0 Å². The van der Waals surface area contributed by atoms with Crippen LogP contribution in [0, 0.1) is 0 Å². The minimum atomic E-state index is 0. The van der Waals surface area contributed by atoms with Crippen molar-refractivity contribution < 1.29 is 0 Å². The molecular formula is C40H74BaN4. The van der Waals surface area contributed by atoms with E-state index in [0.717, 1.165) is 50.2 Å². The standard InChI is InChI=1S/2C20H37N2.Ba/c2*1-10-13-19(6,7)15-16(20(8,9)14-11-2)22-17(21-15)18(4,5)12-3;/h2*10-14H2,1-9H3;/q2*-1;+2. The molecule has 0 atom stereocenters. The molecule has 0 saturated carbocycles. The third kappa shape index (κ3) is 11.5. The molecule has 0 amide bonds. The molecule has 5 heteroatoms. The summed E-state index contributed by atoms with van der Waals surface area (Å²) in [5, 5.41) is 0. The first-order valence-electron chi connectivity index (χ1n) is 18.2. The van der Waals surface area contributed by atoms with Crippen LogP contribution >= 0.6 is 0 Å². The van der Waals surface area contributed by atoms with Gasteiger partial charge in [-0.2, -0.15) is 0 Å². The summed E-state index contributed by atoms with van der Waals surface area (Å²) in [6, 6.07) is 0. The van der Waals surface area contributed by atoms with Gasteiger partial charge in [0.2, 0.25) is 0 Å². The summed E-state index contributed by atoms with van der Waals surface area (Å²) < 4.78 is 0. The molecule has 45 heavy (non-hydrogen) atoms. The average molecular weight is 748 g/mol. The maximum atomic E-state index is 5.08. The topological polar surface area (TPSA) is 54.0 Å². The number of aromatic nitrogens is 4. The first kappa shape index (κ1) is 45.0. The maximum absolute atomic E-state index is 5.08. The first-order chi connectivity index (χ1) is 20.0. The van der Waals surface area contributed by atoms with E-state index < -0.39 is 0 Å². The zero-order chi connectivity index (χ0) is 34.4. The van der Waals surface area contributed by atoms with Gasteiger partial charge >= 0.3 is 48.9 Å². The van der Waals surface area contributed by atoms with E-state index in [9.17, 15) is 0 Å². The molecule has 0 radical (unpaired) electrons. The van der Waals surface area contributed by atoms with Crippen LogP contribution in [-0.4, -0.2) is 58.8 Å². The van der Waals surface area contributed by atoms with E-state index in [-0.39, 0.29) is 81.4 Å².